The number of hydrogen-bond acceptors (Lipinski definition) is 3. The van der Waals surface area contributed by atoms with Crippen LogP contribution in [0.25, 0.3) is 0 Å². The Morgan fingerprint density at radius 2 is 2.08 bits per heavy atom. The van der Waals surface area contributed by atoms with E-state index in [-0.39, 0.29) is 6.61 Å². The Morgan fingerprint density at radius 1 is 1.31 bits per heavy atom. The quantitative estimate of drug-likeness (QED) is 0.763. The third-order valence-electron chi connectivity index (χ3n) is 1.83. The van der Waals surface area contributed by atoms with Gasteiger partial charge in [-0.3, -0.25) is 0 Å². The molecule has 0 amide bonds. The molecule has 0 aliphatic carbocycles. The van der Waals surface area contributed by atoms with Crippen LogP contribution in [0.1, 0.15) is 11.1 Å². The van der Waals surface area contributed by atoms with Crippen molar-refractivity contribution in [1.29, 1.82) is 0 Å². The maximum absolute atomic E-state index is 8.89. The summed E-state index contributed by atoms with van der Waals surface area (Å²) in [6.07, 6.45) is 0. The van der Waals surface area contributed by atoms with Gasteiger partial charge in [0, 0.05) is 12.7 Å². The van der Waals surface area contributed by atoms with Crippen molar-refractivity contribution in [2.24, 2.45) is 0 Å². The van der Waals surface area contributed by atoms with Crippen molar-refractivity contribution in [3.05, 3.63) is 29.3 Å². The molecule has 0 saturated heterocycles. The lowest BCUT2D eigenvalue weighted by Crippen LogP contribution is -1.95. The molecule has 0 heterocycles. The fourth-order valence-electron chi connectivity index (χ4n) is 1.16. The fourth-order valence-corrected chi connectivity index (χ4v) is 1.16. The molecule has 0 fully saturated rings. The average Bonchev–Trinajstić information content (AvgIpc) is 2.19. The van der Waals surface area contributed by atoms with Crippen LogP contribution in [-0.2, 0) is 18.0 Å². The average molecular weight is 182 g/mol. The molecule has 0 aliphatic rings. The van der Waals surface area contributed by atoms with E-state index in [0.717, 1.165) is 16.9 Å². The van der Waals surface area contributed by atoms with E-state index in [1.165, 1.54) is 0 Å². The molecule has 0 spiro atoms. The number of ether oxygens (including phenoxy) is 2. The highest BCUT2D eigenvalue weighted by Crippen LogP contribution is 2.20. The first-order valence-electron chi connectivity index (χ1n) is 4.07. The van der Waals surface area contributed by atoms with E-state index < -0.39 is 0 Å². The molecule has 1 N–H and O–H groups in total. The summed E-state index contributed by atoms with van der Waals surface area (Å²) < 4.78 is 10.2. The standard InChI is InChI=1S/C10H14O3/c1-12-7-9-4-3-8(6-11)5-10(9)13-2/h3-5,11H,6-7H2,1-2H3. The molecule has 0 saturated carbocycles. The van der Waals surface area contributed by atoms with Gasteiger partial charge in [-0.1, -0.05) is 12.1 Å². The number of rotatable bonds is 4. The van der Waals surface area contributed by atoms with Crippen molar-refractivity contribution < 1.29 is 14.6 Å². The normalized spacial score (nSPS) is 10.1. The van der Waals surface area contributed by atoms with E-state index in [1.807, 2.05) is 18.2 Å². The molecular weight excluding hydrogens is 168 g/mol. The number of methoxy groups -OCH3 is 2. The van der Waals surface area contributed by atoms with Gasteiger partial charge in [-0.2, -0.15) is 0 Å². The lowest BCUT2D eigenvalue weighted by atomic mass is 10.1. The van der Waals surface area contributed by atoms with Gasteiger partial charge in [-0.15, -0.1) is 0 Å². The molecule has 1 aromatic rings. The van der Waals surface area contributed by atoms with Gasteiger partial charge in [-0.05, 0) is 11.6 Å². The van der Waals surface area contributed by atoms with Gasteiger partial charge in [0.1, 0.15) is 5.75 Å². The van der Waals surface area contributed by atoms with Gasteiger partial charge in [0.2, 0.25) is 0 Å². The molecule has 1 rings (SSSR count). The van der Waals surface area contributed by atoms with Crippen LogP contribution in [0.4, 0.5) is 0 Å². The highest BCUT2D eigenvalue weighted by molar-refractivity contribution is 5.36. The molecule has 0 atom stereocenters. The summed E-state index contributed by atoms with van der Waals surface area (Å²) in [6.45, 7) is 0.554. The molecule has 0 radical (unpaired) electrons. The number of benzene rings is 1. The number of hydrogen-bond donors (Lipinski definition) is 1. The van der Waals surface area contributed by atoms with Crippen LogP contribution in [0.3, 0.4) is 0 Å². The Balaban J connectivity index is 2.93. The van der Waals surface area contributed by atoms with Gasteiger partial charge in [0.05, 0.1) is 20.3 Å². The molecule has 0 aliphatic heterocycles. The third kappa shape index (κ3) is 2.44. The van der Waals surface area contributed by atoms with E-state index in [1.54, 1.807) is 14.2 Å². The number of aliphatic hydroxyl groups excluding tert-OH is 1. The zero-order chi connectivity index (χ0) is 9.68. The Hall–Kier alpha value is -1.06. The summed E-state index contributed by atoms with van der Waals surface area (Å²) in [5.41, 5.74) is 1.83. The molecule has 0 aromatic heterocycles. The predicted octanol–water partition coefficient (Wildman–Crippen LogP) is 1.33. The highest BCUT2D eigenvalue weighted by atomic mass is 16.5. The monoisotopic (exact) mass is 182 g/mol. The van der Waals surface area contributed by atoms with Crippen LogP contribution in [0.5, 0.6) is 5.75 Å². The molecular formula is C10H14O3. The second-order valence-corrected chi connectivity index (χ2v) is 2.74. The Morgan fingerprint density at radius 3 is 2.62 bits per heavy atom. The first-order chi connectivity index (χ1) is 6.31. The summed E-state index contributed by atoms with van der Waals surface area (Å²) in [4.78, 5) is 0. The van der Waals surface area contributed by atoms with Crippen LogP contribution < -0.4 is 4.74 Å². The minimum Gasteiger partial charge on any atom is -0.496 e. The molecule has 3 heteroatoms. The van der Waals surface area contributed by atoms with Crippen LogP contribution in [0.2, 0.25) is 0 Å². The van der Waals surface area contributed by atoms with Gasteiger partial charge < -0.3 is 14.6 Å². The Bertz CT molecular complexity index is 271. The minimum atomic E-state index is 0.0314. The smallest absolute Gasteiger partial charge is 0.124 e. The van der Waals surface area contributed by atoms with Crippen molar-refractivity contribution >= 4 is 0 Å². The summed E-state index contributed by atoms with van der Waals surface area (Å²) in [5.74, 6) is 0.758. The molecule has 72 valence electrons. The van der Waals surface area contributed by atoms with E-state index in [9.17, 15) is 0 Å². The van der Waals surface area contributed by atoms with Crippen molar-refractivity contribution in [3.8, 4) is 5.75 Å². The van der Waals surface area contributed by atoms with Gasteiger partial charge in [-0.25, -0.2) is 0 Å². The molecule has 0 unspecified atom stereocenters. The molecule has 1 aromatic carbocycles. The first kappa shape index (κ1) is 10.0. The van der Waals surface area contributed by atoms with Crippen molar-refractivity contribution in [3.63, 3.8) is 0 Å². The van der Waals surface area contributed by atoms with Gasteiger partial charge in [0.15, 0.2) is 0 Å². The topological polar surface area (TPSA) is 38.7 Å². The molecule has 13 heavy (non-hydrogen) atoms. The maximum Gasteiger partial charge on any atom is 0.124 e. The van der Waals surface area contributed by atoms with Gasteiger partial charge in [0.25, 0.3) is 0 Å². The summed E-state index contributed by atoms with van der Waals surface area (Å²) in [6, 6.07) is 5.57. The number of aliphatic hydroxyl groups is 1. The van der Waals surface area contributed by atoms with E-state index in [2.05, 4.69) is 0 Å². The SMILES string of the molecule is COCc1ccc(CO)cc1OC. The maximum atomic E-state index is 8.89. The Labute approximate surface area is 77.9 Å². The van der Waals surface area contributed by atoms with Crippen molar-refractivity contribution in [2.45, 2.75) is 13.2 Å². The van der Waals surface area contributed by atoms with Crippen molar-refractivity contribution in [1.82, 2.24) is 0 Å². The van der Waals surface area contributed by atoms with Crippen LogP contribution in [0, 0.1) is 0 Å². The third-order valence-corrected chi connectivity index (χ3v) is 1.83. The van der Waals surface area contributed by atoms with Crippen LogP contribution in [0.15, 0.2) is 18.2 Å². The summed E-state index contributed by atoms with van der Waals surface area (Å²) in [5, 5.41) is 8.89. The lowest BCUT2D eigenvalue weighted by Gasteiger charge is -2.08. The van der Waals surface area contributed by atoms with Gasteiger partial charge >= 0.3 is 0 Å². The molecule has 0 bridgehead atoms. The van der Waals surface area contributed by atoms with Crippen LogP contribution in [-0.4, -0.2) is 19.3 Å². The van der Waals surface area contributed by atoms with Crippen LogP contribution >= 0.6 is 0 Å². The summed E-state index contributed by atoms with van der Waals surface area (Å²) in [7, 11) is 3.25. The zero-order valence-corrected chi connectivity index (χ0v) is 7.91. The first-order valence-corrected chi connectivity index (χ1v) is 4.07. The Kier molecular flexibility index (Phi) is 3.73. The largest absolute Gasteiger partial charge is 0.496 e. The fraction of sp³-hybridized carbons (Fsp3) is 0.400. The predicted molar refractivity (Wildman–Crippen MR) is 49.6 cm³/mol. The van der Waals surface area contributed by atoms with Crippen molar-refractivity contribution in [2.75, 3.05) is 14.2 Å². The van der Waals surface area contributed by atoms with E-state index in [0.29, 0.717) is 6.61 Å². The minimum absolute atomic E-state index is 0.0314. The zero-order valence-electron chi connectivity index (χ0n) is 7.91. The van der Waals surface area contributed by atoms with E-state index in [4.69, 9.17) is 14.6 Å². The lowest BCUT2D eigenvalue weighted by molar-refractivity contribution is 0.181. The second-order valence-electron chi connectivity index (χ2n) is 2.74. The summed E-state index contributed by atoms with van der Waals surface area (Å²) >= 11 is 0. The van der Waals surface area contributed by atoms with E-state index >= 15 is 0 Å². The second kappa shape index (κ2) is 4.84. The molecule has 3 nitrogen and oxygen atoms in total. The highest BCUT2D eigenvalue weighted by Gasteiger charge is 2.02.